The topological polar surface area (TPSA) is 139 Å². The quantitative estimate of drug-likeness (QED) is 0.567. The van der Waals surface area contributed by atoms with Crippen molar-refractivity contribution in [2.45, 2.75) is 10.6 Å². The van der Waals surface area contributed by atoms with Gasteiger partial charge in [-0.1, -0.05) is 18.2 Å². The molecule has 1 aliphatic heterocycles. The van der Waals surface area contributed by atoms with Gasteiger partial charge in [0.25, 0.3) is 11.8 Å². The zero-order valence-corrected chi connectivity index (χ0v) is 18.9. The maximum Gasteiger partial charge on any atom is 0.269 e. The Morgan fingerprint density at radius 1 is 0.906 bits per heavy atom. The van der Waals surface area contributed by atoms with Gasteiger partial charge in [-0.2, -0.15) is 4.31 Å². The summed E-state index contributed by atoms with van der Waals surface area (Å²) in [4.78, 5) is 24.6. The summed E-state index contributed by atoms with van der Waals surface area (Å²) in [5.74, 6) is -1.44. The molecule has 1 fully saturated rings. The number of nitrogens with zero attached hydrogens (tertiary/aromatic N) is 1. The average molecular weight is 482 g/mol. The predicted octanol–water partition coefficient (Wildman–Crippen LogP) is 0.327. The van der Waals surface area contributed by atoms with Gasteiger partial charge in [-0.05, 0) is 35.9 Å². The lowest BCUT2D eigenvalue weighted by molar-refractivity contribution is 0.0730. The number of nitrogens with one attached hydrogen (secondary N) is 2. The Balaban J connectivity index is 1.64. The Morgan fingerprint density at radius 2 is 1.50 bits per heavy atom. The van der Waals surface area contributed by atoms with Crippen LogP contribution in [0.2, 0.25) is 0 Å². The van der Waals surface area contributed by atoms with Crippen LogP contribution in [0.4, 0.5) is 0 Å². The van der Waals surface area contributed by atoms with E-state index in [0.717, 1.165) is 6.26 Å². The van der Waals surface area contributed by atoms with Gasteiger partial charge in [-0.3, -0.25) is 20.4 Å². The first-order chi connectivity index (χ1) is 15.1. The van der Waals surface area contributed by atoms with E-state index in [2.05, 4.69) is 10.9 Å². The van der Waals surface area contributed by atoms with Gasteiger partial charge in [0, 0.05) is 30.5 Å². The lowest BCUT2D eigenvalue weighted by atomic mass is 10.1. The second kappa shape index (κ2) is 9.77. The second-order valence-corrected chi connectivity index (χ2v) is 11.3. The van der Waals surface area contributed by atoms with Crippen LogP contribution < -0.4 is 10.9 Å². The zero-order chi connectivity index (χ0) is 23.4. The number of amides is 2. The molecule has 172 valence electrons. The molecule has 2 amide bonds. The molecule has 2 aromatic carbocycles. The van der Waals surface area contributed by atoms with Crippen LogP contribution in [0.3, 0.4) is 0 Å². The summed E-state index contributed by atoms with van der Waals surface area (Å²) in [6, 6.07) is 11.4. The fourth-order valence-corrected chi connectivity index (χ4v) is 5.30. The van der Waals surface area contributed by atoms with Crippen LogP contribution in [0, 0.1) is 0 Å². The van der Waals surface area contributed by atoms with Crippen molar-refractivity contribution in [1.29, 1.82) is 0 Å². The molecule has 0 unspecified atom stereocenters. The van der Waals surface area contributed by atoms with Crippen molar-refractivity contribution in [2.24, 2.45) is 0 Å². The molecule has 12 heteroatoms. The summed E-state index contributed by atoms with van der Waals surface area (Å²) >= 11 is 0. The molecule has 0 aromatic heterocycles. The van der Waals surface area contributed by atoms with Crippen LogP contribution >= 0.6 is 0 Å². The molecule has 0 saturated carbocycles. The van der Waals surface area contributed by atoms with Gasteiger partial charge in [0.1, 0.15) is 0 Å². The zero-order valence-electron chi connectivity index (χ0n) is 17.3. The third-order valence-electron chi connectivity index (χ3n) is 4.64. The highest BCUT2D eigenvalue weighted by molar-refractivity contribution is 7.90. The van der Waals surface area contributed by atoms with E-state index in [0.29, 0.717) is 18.8 Å². The van der Waals surface area contributed by atoms with E-state index in [1.54, 1.807) is 0 Å². The van der Waals surface area contributed by atoms with Crippen molar-refractivity contribution < 1.29 is 31.2 Å². The molecule has 0 radical (unpaired) electrons. The Labute approximate surface area is 186 Å². The monoisotopic (exact) mass is 481 g/mol. The molecule has 0 bridgehead atoms. The van der Waals surface area contributed by atoms with Gasteiger partial charge in [0.15, 0.2) is 9.84 Å². The number of hydrogen-bond acceptors (Lipinski definition) is 7. The Bertz CT molecular complexity index is 1200. The molecule has 1 saturated heterocycles. The van der Waals surface area contributed by atoms with Crippen molar-refractivity contribution >= 4 is 31.7 Å². The van der Waals surface area contributed by atoms with Gasteiger partial charge in [-0.25, -0.2) is 16.8 Å². The highest BCUT2D eigenvalue weighted by Crippen LogP contribution is 2.18. The van der Waals surface area contributed by atoms with Crippen LogP contribution in [-0.2, 0) is 30.4 Å². The van der Waals surface area contributed by atoms with Gasteiger partial charge in [0.2, 0.25) is 10.0 Å². The summed E-state index contributed by atoms with van der Waals surface area (Å²) in [5, 5.41) is 0. The number of sulfonamides is 1. The fourth-order valence-electron chi connectivity index (χ4n) is 3.05. The number of carbonyl (C=O) groups excluding carboxylic acids is 2. The lowest BCUT2D eigenvalue weighted by Gasteiger charge is -2.26. The smallest absolute Gasteiger partial charge is 0.269 e. The van der Waals surface area contributed by atoms with Crippen molar-refractivity contribution in [1.82, 2.24) is 15.2 Å². The van der Waals surface area contributed by atoms with E-state index in [4.69, 9.17) is 4.74 Å². The summed E-state index contributed by atoms with van der Waals surface area (Å²) < 4.78 is 54.7. The first kappa shape index (κ1) is 23.9. The number of sulfone groups is 1. The van der Waals surface area contributed by atoms with Crippen LogP contribution in [0.1, 0.15) is 26.3 Å². The fraction of sp³-hybridized carbons (Fsp3) is 0.300. The first-order valence-electron chi connectivity index (χ1n) is 9.61. The highest BCUT2D eigenvalue weighted by Gasteiger charge is 2.27. The summed E-state index contributed by atoms with van der Waals surface area (Å²) in [6.07, 6.45) is 1.12. The van der Waals surface area contributed by atoms with Crippen LogP contribution in [0.25, 0.3) is 0 Å². The largest absolute Gasteiger partial charge is 0.379 e. The number of morpholine rings is 1. The summed E-state index contributed by atoms with van der Waals surface area (Å²) in [5.41, 5.74) is 5.31. The number of benzene rings is 2. The Kier molecular flexibility index (Phi) is 7.29. The molecule has 2 N–H and O–H groups in total. The van der Waals surface area contributed by atoms with E-state index in [-0.39, 0.29) is 34.9 Å². The van der Waals surface area contributed by atoms with E-state index < -0.39 is 31.7 Å². The van der Waals surface area contributed by atoms with Crippen molar-refractivity contribution in [2.75, 3.05) is 32.6 Å². The number of carbonyl (C=O) groups is 2. The summed E-state index contributed by atoms with van der Waals surface area (Å²) in [6.45, 7) is 1.08. The molecule has 1 aliphatic rings. The van der Waals surface area contributed by atoms with Crippen molar-refractivity contribution in [3.05, 3.63) is 65.2 Å². The third-order valence-corrected chi connectivity index (χ3v) is 7.39. The SMILES string of the molecule is CS(=O)(=O)Cc1ccc(C(=O)NNC(=O)c2cccc(S(=O)(=O)N3CCOCC3)c2)cc1. The van der Waals surface area contributed by atoms with E-state index in [9.17, 15) is 26.4 Å². The minimum atomic E-state index is -3.77. The molecular weight excluding hydrogens is 458 g/mol. The molecule has 1 heterocycles. The molecule has 0 aliphatic carbocycles. The number of hydrazine groups is 1. The van der Waals surface area contributed by atoms with Crippen molar-refractivity contribution in [3.63, 3.8) is 0 Å². The van der Waals surface area contributed by atoms with Crippen LogP contribution in [0.15, 0.2) is 53.4 Å². The molecule has 3 rings (SSSR count). The maximum atomic E-state index is 12.8. The normalized spacial score (nSPS) is 15.2. The second-order valence-electron chi connectivity index (χ2n) is 7.22. The Morgan fingerprint density at radius 3 is 2.09 bits per heavy atom. The van der Waals surface area contributed by atoms with Gasteiger partial charge in [-0.15, -0.1) is 0 Å². The van der Waals surface area contributed by atoms with E-state index >= 15 is 0 Å². The maximum absolute atomic E-state index is 12.8. The van der Waals surface area contributed by atoms with Gasteiger partial charge in [0.05, 0.1) is 23.9 Å². The molecule has 0 spiro atoms. The Hall–Kier alpha value is -2.80. The minimum absolute atomic E-state index is 0.0279. The number of rotatable bonds is 6. The third kappa shape index (κ3) is 6.13. The standard InChI is InChI=1S/C20H23N3O7S2/c1-31(26,27)14-15-5-7-16(8-6-15)19(24)21-22-20(25)17-3-2-4-18(13-17)32(28,29)23-9-11-30-12-10-23/h2-8,13H,9-12,14H2,1H3,(H,21,24)(H,22,25). The molecule has 32 heavy (non-hydrogen) atoms. The molecular formula is C20H23N3O7S2. The number of ether oxygens (including phenoxy) is 1. The molecule has 0 atom stereocenters. The average Bonchev–Trinajstić information content (AvgIpc) is 2.77. The highest BCUT2D eigenvalue weighted by atomic mass is 32.2. The van der Waals surface area contributed by atoms with Gasteiger partial charge < -0.3 is 4.74 Å². The predicted molar refractivity (Wildman–Crippen MR) is 116 cm³/mol. The molecule has 2 aromatic rings. The number of hydrogen-bond donors (Lipinski definition) is 2. The van der Waals surface area contributed by atoms with Crippen LogP contribution in [-0.4, -0.2) is 65.5 Å². The van der Waals surface area contributed by atoms with E-state index in [1.807, 2.05) is 0 Å². The van der Waals surface area contributed by atoms with Crippen molar-refractivity contribution in [3.8, 4) is 0 Å². The first-order valence-corrected chi connectivity index (χ1v) is 13.1. The van der Waals surface area contributed by atoms with Crippen LogP contribution in [0.5, 0.6) is 0 Å². The lowest BCUT2D eigenvalue weighted by Crippen LogP contribution is -2.42. The molecule has 10 nitrogen and oxygen atoms in total. The summed E-state index contributed by atoms with van der Waals surface area (Å²) in [7, 11) is -6.96. The van der Waals surface area contributed by atoms with E-state index in [1.165, 1.54) is 52.8 Å². The minimum Gasteiger partial charge on any atom is -0.379 e. The van der Waals surface area contributed by atoms with Gasteiger partial charge >= 0.3 is 0 Å².